The van der Waals surface area contributed by atoms with Crippen LogP contribution in [0, 0.1) is 0 Å². The Morgan fingerprint density at radius 1 is 1.08 bits per heavy atom. The molecule has 0 aliphatic rings. The van der Waals surface area contributed by atoms with Crippen molar-refractivity contribution in [2.24, 2.45) is 7.05 Å². The van der Waals surface area contributed by atoms with E-state index in [0.29, 0.717) is 26.1 Å². The summed E-state index contributed by atoms with van der Waals surface area (Å²) in [5.41, 5.74) is 2.01. The number of nitrogens with zero attached hydrogens (tertiary/aromatic N) is 3. The summed E-state index contributed by atoms with van der Waals surface area (Å²) >= 11 is 0. The Hall–Kier alpha value is -2.12. The third kappa shape index (κ3) is 5.71. The summed E-state index contributed by atoms with van der Waals surface area (Å²) in [5, 5.41) is 0. The minimum Gasteiger partial charge on any atom is -0.353 e. The summed E-state index contributed by atoms with van der Waals surface area (Å²) in [6.45, 7) is 2.97. The molecule has 0 bridgehead atoms. The number of aryl methyl sites for hydroxylation is 1. The molecule has 0 spiro atoms. The van der Waals surface area contributed by atoms with Gasteiger partial charge < -0.3 is 9.47 Å². The second-order valence-corrected chi connectivity index (χ2v) is 8.42. The normalized spacial score (nSPS) is 11.7. The monoisotopic (exact) mass is 377 g/mol. The highest BCUT2D eigenvalue weighted by atomic mass is 32.2. The van der Waals surface area contributed by atoms with Gasteiger partial charge in [0.05, 0.1) is 19.3 Å². The largest absolute Gasteiger partial charge is 0.353 e. The van der Waals surface area contributed by atoms with Crippen LogP contribution in [0.1, 0.15) is 24.6 Å². The highest BCUT2D eigenvalue weighted by Gasteiger charge is 2.23. The fraction of sp³-hybridized carbons (Fsp3) is 0.421. The first kappa shape index (κ1) is 20.2. The van der Waals surface area contributed by atoms with Crippen molar-refractivity contribution in [3.05, 3.63) is 59.9 Å². The van der Waals surface area contributed by atoms with E-state index in [1.165, 1.54) is 4.31 Å². The van der Waals surface area contributed by atoms with Gasteiger partial charge in [0.1, 0.15) is 0 Å². The number of carbonyl (C=O) groups excluding carboxylic acids is 1. The van der Waals surface area contributed by atoms with Crippen molar-refractivity contribution in [1.29, 1.82) is 0 Å². The lowest BCUT2D eigenvalue weighted by Gasteiger charge is -2.26. The van der Waals surface area contributed by atoms with E-state index in [-0.39, 0.29) is 12.5 Å². The number of hydrogen-bond acceptors (Lipinski definition) is 3. The summed E-state index contributed by atoms with van der Waals surface area (Å²) in [6, 6.07) is 13.6. The van der Waals surface area contributed by atoms with Crippen LogP contribution in [-0.2, 0) is 35.0 Å². The lowest BCUT2D eigenvalue weighted by Crippen LogP contribution is -2.42. The minimum atomic E-state index is -3.42. The number of hydrogen-bond donors (Lipinski definition) is 0. The molecule has 0 fully saturated rings. The van der Waals surface area contributed by atoms with Gasteiger partial charge in [0.2, 0.25) is 15.9 Å². The third-order valence-electron chi connectivity index (χ3n) is 4.23. The topological polar surface area (TPSA) is 62.6 Å². The quantitative estimate of drug-likeness (QED) is 0.673. The number of benzene rings is 1. The maximum absolute atomic E-state index is 12.9. The number of rotatable bonds is 9. The second kappa shape index (κ2) is 9.00. The summed E-state index contributed by atoms with van der Waals surface area (Å²) in [4.78, 5) is 14.6. The minimum absolute atomic E-state index is 0.135. The van der Waals surface area contributed by atoms with Crippen LogP contribution < -0.4 is 0 Å². The number of amides is 1. The Morgan fingerprint density at radius 2 is 1.77 bits per heavy atom. The second-order valence-electron chi connectivity index (χ2n) is 6.44. The van der Waals surface area contributed by atoms with Crippen molar-refractivity contribution in [3.8, 4) is 0 Å². The van der Waals surface area contributed by atoms with Gasteiger partial charge in [-0.15, -0.1) is 0 Å². The molecular weight excluding hydrogens is 350 g/mol. The number of aromatic nitrogens is 1. The highest BCUT2D eigenvalue weighted by Crippen LogP contribution is 2.12. The van der Waals surface area contributed by atoms with Gasteiger partial charge in [0.15, 0.2) is 0 Å². The Balaban J connectivity index is 2.21. The van der Waals surface area contributed by atoms with Crippen LogP contribution in [0.4, 0.5) is 0 Å². The summed E-state index contributed by atoms with van der Waals surface area (Å²) < 4.78 is 27.1. The molecule has 2 aromatic rings. The van der Waals surface area contributed by atoms with Gasteiger partial charge in [-0.1, -0.05) is 37.3 Å². The van der Waals surface area contributed by atoms with Crippen LogP contribution in [0.5, 0.6) is 0 Å². The molecule has 0 aliphatic carbocycles. The lowest BCUT2D eigenvalue weighted by molar-refractivity contribution is -0.132. The molecule has 0 unspecified atom stereocenters. The summed E-state index contributed by atoms with van der Waals surface area (Å²) in [6.07, 6.45) is 3.74. The van der Waals surface area contributed by atoms with Gasteiger partial charge >= 0.3 is 0 Å². The third-order valence-corrected chi connectivity index (χ3v) is 5.48. The van der Waals surface area contributed by atoms with Gasteiger partial charge in [-0.25, -0.2) is 8.42 Å². The van der Waals surface area contributed by atoms with Crippen LogP contribution in [0.15, 0.2) is 48.7 Å². The summed E-state index contributed by atoms with van der Waals surface area (Å²) in [5.74, 6) is -0.200. The standard InChI is InChI=1S/C19H27N3O3S/c1-4-12-22(26(3,24)25)16-19(23)21(14-17-9-6-5-7-10-17)15-18-11-8-13-20(18)2/h5-11,13H,4,12,14-16H2,1-3H3. The van der Waals surface area contributed by atoms with Crippen molar-refractivity contribution >= 4 is 15.9 Å². The van der Waals surface area contributed by atoms with Crippen molar-refractivity contribution in [1.82, 2.24) is 13.8 Å². The van der Waals surface area contributed by atoms with E-state index < -0.39 is 10.0 Å². The number of sulfonamides is 1. The first-order valence-electron chi connectivity index (χ1n) is 8.68. The van der Waals surface area contributed by atoms with E-state index in [1.807, 2.05) is 67.2 Å². The van der Waals surface area contributed by atoms with Gasteiger partial charge in [-0.05, 0) is 24.1 Å². The molecule has 0 N–H and O–H groups in total. The molecular formula is C19H27N3O3S. The van der Waals surface area contributed by atoms with Crippen LogP contribution in [-0.4, -0.2) is 47.4 Å². The Morgan fingerprint density at radius 3 is 2.31 bits per heavy atom. The predicted octanol–water partition coefficient (Wildman–Crippen LogP) is 2.23. The molecule has 6 nitrogen and oxygen atoms in total. The molecule has 0 atom stereocenters. The van der Waals surface area contributed by atoms with E-state index in [9.17, 15) is 13.2 Å². The average Bonchev–Trinajstić information content (AvgIpc) is 2.99. The fourth-order valence-corrected chi connectivity index (χ4v) is 3.61. The highest BCUT2D eigenvalue weighted by molar-refractivity contribution is 7.88. The maximum Gasteiger partial charge on any atom is 0.238 e. The molecule has 2 rings (SSSR count). The maximum atomic E-state index is 12.9. The SMILES string of the molecule is CCCN(CC(=O)N(Cc1ccccc1)Cc1cccn1C)S(C)(=O)=O. The first-order chi connectivity index (χ1) is 12.3. The smallest absolute Gasteiger partial charge is 0.238 e. The van der Waals surface area contributed by atoms with E-state index in [2.05, 4.69) is 0 Å². The van der Waals surface area contributed by atoms with E-state index in [0.717, 1.165) is 17.5 Å². The van der Waals surface area contributed by atoms with E-state index >= 15 is 0 Å². The zero-order chi connectivity index (χ0) is 19.2. The molecule has 7 heteroatoms. The molecule has 1 amide bonds. The molecule has 142 valence electrons. The first-order valence-corrected chi connectivity index (χ1v) is 10.5. The zero-order valence-corrected chi connectivity index (χ0v) is 16.4. The van der Waals surface area contributed by atoms with Crippen molar-refractivity contribution in [2.45, 2.75) is 26.4 Å². The average molecular weight is 378 g/mol. The fourth-order valence-electron chi connectivity index (χ4n) is 2.75. The Bertz CT molecular complexity index is 816. The van der Waals surface area contributed by atoms with Crippen molar-refractivity contribution in [3.63, 3.8) is 0 Å². The van der Waals surface area contributed by atoms with Crippen LogP contribution in [0.25, 0.3) is 0 Å². The molecule has 26 heavy (non-hydrogen) atoms. The molecule has 0 saturated carbocycles. The molecule has 0 aliphatic heterocycles. The van der Waals surface area contributed by atoms with Crippen LogP contribution >= 0.6 is 0 Å². The van der Waals surface area contributed by atoms with E-state index in [4.69, 9.17) is 0 Å². The Labute approximate surface area is 156 Å². The molecule has 1 aromatic carbocycles. The van der Waals surface area contributed by atoms with Crippen molar-refractivity contribution in [2.75, 3.05) is 19.3 Å². The molecule has 1 aromatic heterocycles. The van der Waals surface area contributed by atoms with Gasteiger partial charge in [0, 0.05) is 32.0 Å². The molecule has 0 saturated heterocycles. The zero-order valence-electron chi connectivity index (χ0n) is 15.6. The molecule has 1 heterocycles. The van der Waals surface area contributed by atoms with Crippen molar-refractivity contribution < 1.29 is 13.2 Å². The van der Waals surface area contributed by atoms with Gasteiger partial charge in [-0.3, -0.25) is 4.79 Å². The number of carbonyl (C=O) groups is 1. The lowest BCUT2D eigenvalue weighted by atomic mass is 10.2. The van der Waals surface area contributed by atoms with Gasteiger partial charge in [0.25, 0.3) is 0 Å². The van der Waals surface area contributed by atoms with E-state index in [1.54, 1.807) is 4.90 Å². The predicted molar refractivity (Wildman–Crippen MR) is 103 cm³/mol. The van der Waals surface area contributed by atoms with Crippen LogP contribution in [0.3, 0.4) is 0 Å². The Kier molecular flexibility index (Phi) is 6.99. The van der Waals surface area contributed by atoms with Gasteiger partial charge in [-0.2, -0.15) is 4.31 Å². The molecule has 0 radical (unpaired) electrons. The summed E-state index contributed by atoms with van der Waals surface area (Å²) in [7, 11) is -1.49. The van der Waals surface area contributed by atoms with Crippen LogP contribution in [0.2, 0.25) is 0 Å².